The van der Waals surface area contributed by atoms with E-state index >= 15 is 0 Å². The van der Waals surface area contributed by atoms with E-state index in [4.69, 9.17) is 39.3 Å². The maximum absolute atomic E-state index is 13.5. The minimum atomic E-state index is -0.930. The molecular weight excluding hydrogens is 1390 g/mol. The number of amides is 2. The van der Waals surface area contributed by atoms with Gasteiger partial charge < -0.3 is 49.7 Å². The van der Waals surface area contributed by atoms with Crippen molar-refractivity contribution >= 4 is 24.0 Å². The predicted molar refractivity (Wildman–Crippen MR) is 412 cm³/mol. The first kappa shape index (κ1) is 76.5. The number of hydrogen-bond donors (Lipinski definition) is 4. The zero-order chi connectivity index (χ0) is 75.9. The van der Waals surface area contributed by atoms with Gasteiger partial charge in [0.2, 0.25) is 0 Å². The maximum atomic E-state index is 13.5. The zero-order valence-corrected chi connectivity index (χ0v) is 62.1. The Morgan fingerprint density at radius 1 is 0.518 bits per heavy atom. The van der Waals surface area contributed by atoms with Crippen molar-refractivity contribution in [3.63, 3.8) is 0 Å². The van der Waals surface area contributed by atoms with Gasteiger partial charge in [-0.2, -0.15) is 9.97 Å². The molecule has 5 heterocycles. The lowest BCUT2D eigenvalue weighted by molar-refractivity contribution is 0.0110. The fourth-order valence-electron chi connectivity index (χ4n) is 14.7. The molecule has 5 N–H and O–H groups in total. The topological polar surface area (TPSA) is 337 Å². The fraction of sp³-hybridized carbons (Fsp3) is 0.398. The molecule has 6 aromatic carbocycles. The summed E-state index contributed by atoms with van der Waals surface area (Å²) in [4.78, 5) is 50.3. The van der Waals surface area contributed by atoms with E-state index in [9.17, 15) is 19.6 Å². The average molecular weight is 1490 g/mol. The van der Waals surface area contributed by atoms with Gasteiger partial charge in [-0.05, 0) is 189 Å². The highest BCUT2D eigenvalue weighted by atomic mass is 16.6. The molecule has 0 aliphatic heterocycles. The smallest absolute Gasteiger partial charge is 0.410 e. The number of amidine groups is 1. The summed E-state index contributed by atoms with van der Waals surface area (Å²) in [5.41, 5.74) is 12.8. The van der Waals surface area contributed by atoms with Crippen molar-refractivity contribution in [3.8, 4) is 40.0 Å². The average Bonchev–Trinajstić information content (AvgIpc) is 1.60. The molecule has 2 amide bonds. The van der Waals surface area contributed by atoms with Crippen LogP contribution in [0.3, 0.4) is 0 Å². The van der Waals surface area contributed by atoms with Gasteiger partial charge in [0.1, 0.15) is 55.0 Å². The molecule has 0 spiro atoms. The number of nitrogens with one attached hydrogen (secondary N) is 1. The van der Waals surface area contributed by atoms with Crippen molar-refractivity contribution in [3.05, 3.63) is 236 Å². The number of nitrogens with zero attached hydrogens (tertiary/aromatic N) is 16. The Labute approximate surface area is 639 Å². The second-order valence-corrected chi connectivity index (χ2v) is 31.4. The van der Waals surface area contributed by atoms with E-state index in [1.54, 1.807) is 59.6 Å². The first-order valence-electron chi connectivity index (χ1n) is 37.3. The summed E-state index contributed by atoms with van der Waals surface area (Å²) in [6, 6.07) is 54.4. The quantitative estimate of drug-likeness (QED) is 0.0225. The van der Waals surface area contributed by atoms with Crippen LogP contribution in [0.1, 0.15) is 182 Å². The van der Waals surface area contributed by atoms with E-state index in [-0.39, 0.29) is 53.9 Å². The summed E-state index contributed by atoms with van der Waals surface area (Å²) in [5.74, 6) is 3.08. The molecule has 0 saturated heterocycles. The van der Waals surface area contributed by atoms with Gasteiger partial charge in [-0.25, -0.2) is 14.4 Å². The predicted octanol–water partition coefficient (Wildman–Crippen LogP) is 14.7. The molecule has 27 heteroatoms. The van der Waals surface area contributed by atoms with Crippen molar-refractivity contribution < 1.29 is 43.2 Å². The highest BCUT2D eigenvalue weighted by Crippen LogP contribution is 2.52. The number of ether oxygens (including phenoxy) is 2. The van der Waals surface area contributed by atoms with Crippen LogP contribution in [-0.2, 0) is 20.3 Å². The minimum absolute atomic E-state index is 0. The Morgan fingerprint density at radius 3 is 1.25 bits per heavy atom. The van der Waals surface area contributed by atoms with Gasteiger partial charge in [-0.15, -0.1) is 30.6 Å². The van der Waals surface area contributed by atoms with E-state index in [2.05, 4.69) is 118 Å². The van der Waals surface area contributed by atoms with Gasteiger partial charge in [0.25, 0.3) is 11.8 Å². The van der Waals surface area contributed by atoms with E-state index in [1.165, 1.54) is 41.7 Å². The minimum Gasteiger partial charge on any atom is -0.478 e. The molecule has 5 aromatic heterocycles. The van der Waals surface area contributed by atoms with Crippen LogP contribution in [0.4, 0.5) is 9.59 Å². The molecule has 6 aliphatic carbocycles. The largest absolute Gasteiger partial charge is 0.478 e. The highest BCUT2D eigenvalue weighted by Gasteiger charge is 2.54. The standard InChI is InChI=1S/C29H32N6O3.C24H24N6O.C20H29N3O3.C9H7N3O2.CH4/c1-28(2,3)37-27(36)35(24-16-23(24)20-8-5-4-6-9-20)17-29(14-7-15-29)26-32-25(38-33-26)21-10-12-22(13-11-21)34-18-30-31-19-34;1-2-5-17(6-3-1)20-13-21(20)25-14-24(11-4-12-24)23-28-22(31-29-23)18-7-9-19(10-8-18)30-15-26-27-16-30;1-19(2,3)26-18(24)23(13-20(10-7-11-20)17(21)22-25)16-12-15(16)14-8-5-4-6-9-14;13-9(14)7-1-3-8(4-2-7)12-5-10-11-6-12;/h4-6,8-13,18-19,23-24H,7,14-17H2,1-3H3;1-3,5-10,15-16,20-21,25H,4,11-14H2;4-6,8-9,15-16,25H,7,10-13H2,1-3H3,(H2,21,22);1-6H,(H,13,14);1H4/t23?,24-;20?,21-;15?,16-;;/m000../s1. The number of nitrogens with two attached hydrogens (primary N) is 1. The van der Waals surface area contributed by atoms with Crippen LogP contribution in [0.2, 0.25) is 0 Å². The molecule has 17 rings (SSSR count). The van der Waals surface area contributed by atoms with Crippen molar-refractivity contribution in [2.75, 3.05) is 19.6 Å². The van der Waals surface area contributed by atoms with Crippen LogP contribution in [-0.4, -0.2) is 158 Å². The Morgan fingerprint density at radius 2 is 0.891 bits per heavy atom. The highest BCUT2D eigenvalue weighted by molar-refractivity contribution is 5.88. The third kappa shape index (κ3) is 17.8. The Balaban J connectivity index is 0.000000134. The fourth-order valence-corrected chi connectivity index (χ4v) is 14.7. The van der Waals surface area contributed by atoms with Crippen LogP contribution in [0.5, 0.6) is 0 Å². The monoisotopic (exact) mass is 1490 g/mol. The number of aromatic nitrogens is 13. The van der Waals surface area contributed by atoms with E-state index in [0.29, 0.717) is 54.5 Å². The number of carbonyl (C=O) groups excluding carboxylic acids is 2. The van der Waals surface area contributed by atoms with Gasteiger partial charge in [-0.1, -0.05) is 133 Å². The molecule has 6 saturated carbocycles. The number of aromatic carboxylic acids is 1. The van der Waals surface area contributed by atoms with Gasteiger partial charge in [0.05, 0.1) is 11.0 Å². The number of benzene rings is 6. The molecule has 0 bridgehead atoms. The number of carbonyl (C=O) groups is 3. The number of carboxylic acids is 1. The number of hydrogen-bond acceptors (Lipinski definition) is 20. The molecular formula is C83H96N18O9. The lowest BCUT2D eigenvalue weighted by Gasteiger charge is -2.44. The SMILES string of the molecule is C.CC(C)(C)OC(=O)N(CC1(C(N)=NO)CCC1)[C@H]1CC1c1ccccc1.CC(C)(C)OC(=O)N(CC1(c2noc(-c3ccc(-n4cnnc4)cc3)n2)CCC1)[C@H]1CC1c1ccccc1.O=C(O)c1ccc(-n2cnnc2)cc1.c1ccc(C2C[C@@H]2NCC2(c3noc(-c4ccc(-n5cnnc5)cc4)n3)CCC2)cc1. The van der Waals surface area contributed by atoms with Gasteiger partial charge in [0, 0.05) is 94.5 Å². The Kier molecular flexibility index (Phi) is 22.7. The van der Waals surface area contributed by atoms with Crippen molar-refractivity contribution in [1.82, 2.24) is 79.7 Å². The van der Waals surface area contributed by atoms with Crippen molar-refractivity contribution in [2.45, 2.75) is 184 Å². The summed E-state index contributed by atoms with van der Waals surface area (Å²) < 4.78 is 28.3. The molecule has 6 atom stereocenters. The third-order valence-corrected chi connectivity index (χ3v) is 21.6. The second-order valence-electron chi connectivity index (χ2n) is 31.4. The Bertz CT molecular complexity index is 4820. The normalized spacial score (nSPS) is 20.0. The number of oxime groups is 1. The summed E-state index contributed by atoms with van der Waals surface area (Å²) in [6.07, 6.45) is 21.2. The summed E-state index contributed by atoms with van der Waals surface area (Å²) in [5, 5.41) is 56.4. The number of rotatable bonds is 21. The summed E-state index contributed by atoms with van der Waals surface area (Å²) in [7, 11) is 0. The first-order chi connectivity index (χ1) is 52.6. The van der Waals surface area contributed by atoms with E-state index in [1.807, 2.05) is 128 Å². The lowest BCUT2D eigenvalue weighted by Crippen LogP contribution is -2.53. The maximum Gasteiger partial charge on any atom is 0.410 e. The van der Waals surface area contributed by atoms with Gasteiger partial charge >= 0.3 is 18.2 Å². The molecule has 0 radical (unpaired) electrons. The molecule has 110 heavy (non-hydrogen) atoms. The van der Waals surface area contributed by atoms with E-state index < -0.39 is 22.6 Å². The van der Waals surface area contributed by atoms with Crippen LogP contribution >= 0.6 is 0 Å². The van der Waals surface area contributed by atoms with Crippen LogP contribution in [0.15, 0.2) is 216 Å². The van der Waals surface area contributed by atoms with Crippen molar-refractivity contribution in [2.24, 2.45) is 16.3 Å². The van der Waals surface area contributed by atoms with Crippen LogP contribution < -0.4 is 11.1 Å². The van der Waals surface area contributed by atoms with Gasteiger partial charge in [-0.3, -0.25) is 13.7 Å². The molecule has 6 fully saturated rings. The molecule has 3 unspecified atom stereocenters. The lowest BCUT2D eigenvalue weighted by atomic mass is 9.67. The van der Waals surface area contributed by atoms with Crippen LogP contribution in [0, 0.1) is 5.41 Å². The van der Waals surface area contributed by atoms with Crippen LogP contribution in [0.25, 0.3) is 40.0 Å². The van der Waals surface area contributed by atoms with Gasteiger partial charge in [0.15, 0.2) is 11.6 Å². The molecule has 11 aromatic rings. The summed E-state index contributed by atoms with van der Waals surface area (Å²) in [6.45, 7) is 13.2. The molecule has 572 valence electrons. The second kappa shape index (κ2) is 32.6. The van der Waals surface area contributed by atoms with E-state index in [0.717, 1.165) is 105 Å². The first-order valence-corrected chi connectivity index (χ1v) is 37.3. The summed E-state index contributed by atoms with van der Waals surface area (Å²) >= 11 is 0. The zero-order valence-electron chi connectivity index (χ0n) is 62.1. The molecule has 6 aliphatic rings. The van der Waals surface area contributed by atoms with Crippen molar-refractivity contribution in [1.29, 1.82) is 0 Å². The third-order valence-electron chi connectivity index (χ3n) is 21.6. The number of carboxylic acid groups (broad SMARTS) is 1. The Hall–Kier alpha value is -11.7. The molecule has 27 nitrogen and oxygen atoms in total.